The van der Waals surface area contributed by atoms with Gasteiger partial charge >= 0.3 is 11.9 Å². The molecular weight excluding hydrogens is 869 g/mol. The van der Waals surface area contributed by atoms with E-state index in [0.29, 0.717) is 38.3 Å². The zero-order valence-corrected chi connectivity index (χ0v) is 43.2. The number of hydrogen-bond acceptors (Lipinski definition) is 14. The third kappa shape index (κ3) is 17.7. The Morgan fingerprint density at radius 1 is 0.559 bits per heavy atom. The smallest absolute Gasteiger partial charge is 0.307 e. The summed E-state index contributed by atoms with van der Waals surface area (Å²) in [5.74, 6) is -0.647. The molecule has 14 heteroatoms. The lowest BCUT2D eigenvalue weighted by Crippen LogP contribution is -2.52. The zero-order chi connectivity index (χ0) is 49.4. The molecule has 4 fully saturated rings. The normalized spacial score (nSPS) is 27.5. The van der Waals surface area contributed by atoms with Crippen molar-refractivity contribution in [3.05, 3.63) is 71.8 Å². The molecule has 0 aromatic heterocycles. The van der Waals surface area contributed by atoms with Crippen molar-refractivity contribution in [2.24, 2.45) is 11.8 Å². The van der Waals surface area contributed by atoms with Gasteiger partial charge in [-0.3, -0.25) is 9.59 Å². The molecule has 68 heavy (non-hydrogen) atoms. The summed E-state index contributed by atoms with van der Waals surface area (Å²) in [5.41, 5.74) is 2.14. The van der Waals surface area contributed by atoms with Crippen LogP contribution in [0.2, 0.25) is 0 Å². The van der Waals surface area contributed by atoms with Crippen molar-refractivity contribution in [1.82, 2.24) is 10.6 Å². The van der Waals surface area contributed by atoms with Crippen molar-refractivity contribution in [2.45, 2.75) is 233 Å². The van der Waals surface area contributed by atoms with Crippen LogP contribution in [0.3, 0.4) is 0 Å². The van der Waals surface area contributed by atoms with Gasteiger partial charge in [0.15, 0.2) is 24.2 Å². The molecule has 0 bridgehead atoms. The highest BCUT2D eigenvalue weighted by Gasteiger charge is 2.59. The van der Waals surface area contributed by atoms with Crippen LogP contribution >= 0.6 is 0 Å². The average molecular weight is 955 g/mol. The van der Waals surface area contributed by atoms with E-state index >= 15 is 0 Å². The number of fused-ring (bicyclic) bond motifs is 2. The van der Waals surface area contributed by atoms with Gasteiger partial charge in [-0.15, -0.1) is 0 Å². The Labute approximate surface area is 407 Å². The van der Waals surface area contributed by atoms with E-state index in [0.717, 1.165) is 36.8 Å². The molecule has 4 heterocycles. The van der Waals surface area contributed by atoms with Gasteiger partial charge in [-0.2, -0.15) is 0 Å². The van der Waals surface area contributed by atoms with Crippen molar-refractivity contribution in [2.75, 3.05) is 13.2 Å². The van der Waals surface area contributed by atoms with Crippen molar-refractivity contribution in [3.63, 3.8) is 0 Å². The minimum absolute atomic E-state index is 0.195. The lowest BCUT2D eigenvalue weighted by atomic mass is 9.98. The summed E-state index contributed by atoms with van der Waals surface area (Å²) in [6.45, 7) is 26.0. The number of rotatable bonds is 26. The third-order valence-electron chi connectivity index (χ3n) is 12.6. The monoisotopic (exact) mass is 955 g/mol. The van der Waals surface area contributed by atoms with Crippen LogP contribution in [0, 0.1) is 11.8 Å². The number of esters is 2. The van der Waals surface area contributed by atoms with Crippen LogP contribution in [0.5, 0.6) is 0 Å². The van der Waals surface area contributed by atoms with Crippen LogP contribution in [-0.4, -0.2) is 110 Å². The molecule has 2 unspecified atom stereocenters. The van der Waals surface area contributed by atoms with E-state index in [1.807, 2.05) is 102 Å². The van der Waals surface area contributed by atoms with Crippen LogP contribution < -0.4 is 10.6 Å². The Bertz CT molecular complexity index is 1640. The Morgan fingerprint density at radius 2 is 0.926 bits per heavy atom. The van der Waals surface area contributed by atoms with Gasteiger partial charge in [0, 0.05) is 24.2 Å². The molecule has 2 N–H and O–H groups in total. The van der Waals surface area contributed by atoms with Gasteiger partial charge < -0.3 is 58.0 Å². The maximum Gasteiger partial charge on any atom is 0.307 e. The summed E-state index contributed by atoms with van der Waals surface area (Å²) in [6, 6.07) is 19.9. The van der Waals surface area contributed by atoms with E-state index in [4.69, 9.17) is 47.4 Å². The second-order valence-corrected chi connectivity index (χ2v) is 20.7. The molecule has 12 atom stereocenters. The number of ether oxygens (including phenoxy) is 10. The molecule has 4 aliphatic heterocycles. The average Bonchev–Trinajstić information content (AvgIpc) is 3.96. The summed E-state index contributed by atoms with van der Waals surface area (Å²) in [6.07, 6.45) is 3.64. The van der Waals surface area contributed by atoms with Gasteiger partial charge in [0.05, 0.1) is 39.3 Å². The second-order valence-electron chi connectivity index (χ2n) is 20.7. The van der Waals surface area contributed by atoms with E-state index in [-0.39, 0.29) is 73.4 Å². The molecule has 0 amide bonds. The zero-order valence-electron chi connectivity index (χ0n) is 43.2. The Hall–Kier alpha value is -3.02. The van der Waals surface area contributed by atoms with E-state index < -0.39 is 36.4 Å². The van der Waals surface area contributed by atoms with Crippen molar-refractivity contribution in [1.29, 1.82) is 0 Å². The summed E-state index contributed by atoms with van der Waals surface area (Å²) in [4.78, 5) is 25.0. The maximum absolute atomic E-state index is 12.5. The Kier molecular flexibility index (Phi) is 22.2. The fourth-order valence-corrected chi connectivity index (χ4v) is 9.47. The fourth-order valence-electron chi connectivity index (χ4n) is 9.47. The number of benzene rings is 2. The second kappa shape index (κ2) is 27.0. The molecule has 2 aromatic carbocycles. The largest absolute Gasteiger partial charge is 0.466 e. The molecule has 2 aromatic rings. The summed E-state index contributed by atoms with van der Waals surface area (Å²) in [5, 5.41) is 7.29. The Morgan fingerprint density at radius 3 is 1.26 bits per heavy atom. The summed E-state index contributed by atoms with van der Waals surface area (Å²) >= 11 is 0. The first-order valence-electron chi connectivity index (χ1n) is 25.5. The fraction of sp³-hybridized carbons (Fsp3) is 0.741. The lowest BCUT2D eigenvalue weighted by Gasteiger charge is -2.33. The van der Waals surface area contributed by atoms with Gasteiger partial charge in [-0.25, -0.2) is 0 Å². The number of hydrogen-bond donors (Lipinski definition) is 2. The molecule has 4 aliphatic rings. The predicted molar refractivity (Wildman–Crippen MR) is 260 cm³/mol. The summed E-state index contributed by atoms with van der Waals surface area (Å²) < 4.78 is 60.5. The van der Waals surface area contributed by atoms with Gasteiger partial charge in [0.1, 0.15) is 36.6 Å². The molecule has 0 saturated carbocycles. The van der Waals surface area contributed by atoms with Crippen LogP contribution in [0.25, 0.3) is 0 Å². The standard InChI is InChI=1S/2C27H43NO6/c2*1-7-30-22(29)16-21(28-19(4)13-11-12-18(2)3)23-24(31-17-20-14-9-8-10-15-20)25-26(32-23)34-27(5,6)33-25/h2*8-10,14-15,18-19,21,23-26,28H,7,11-13,16-17H2,1-6H3/t19?,21-,23+,24-,25+,26+;19?,21-,23-,24+,25-,26-/m01/s1. The molecule has 384 valence electrons. The first-order chi connectivity index (χ1) is 32.4. The highest BCUT2D eigenvalue weighted by atomic mass is 16.9. The van der Waals surface area contributed by atoms with Gasteiger partial charge in [-0.05, 0) is 91.2 Å². The summed E-state index contributed by atoms with van der Waals surface area (Å²) in [7, 11) is 0. The van der Waals surface area contributed by atoms with E-state index in [1.165, 1.54) is 12.8 Å². The minimum Gasteiger partial charge on any atom is -0.466 e. The van der Waals surface area contributed by atoms with Gasteiger partial charge in [-0.1, -0.05) is 114 Å². The third-order valence-corrected chi connectivity index (χ3v) is 12.6. The van der Waals surface area contributed by atoms with Crippen LogP contribution in [0.1, 0.15) is 146 Å². The number of carbonyl (C=O) groups excluding carboxylic acids is 2. The first-order valence-corrected chi connectivity index (χ1v) is 25.5. The van der Waals surface area contributed by atoms with Crippen LogP contribution in [0.15, 0.2) is 60.7 Å². The van der Waals surface area contributed by atoms with Gasteiger partial charge in [0.25, 0.3) is 0 Å². The highest BCUT2D eigenvalue weighted by Crippen LogP contribution is 2.42. The SMILES string of the molecule is CCOC(=O)C[C@@H](NC(C)CCCC(C)C)[C@H]1O[C@@H]2OC(C)(C)O[C@@H]2[C@H]1OCc1ccccc1.CCOC(=O)C[C@H](NC(C)CCCC(C)C)[C@H]1O[C@@H]2OC(C)(C)O[C@@H]2[C@H]1OCc1ccccc1. The molecule has 14 nitrogen and oxygen atoms in total. The van der Waals surface area contributed by atoms with E-state index in [9.17, 15) is 9.59 Å². The maximum atomic E-state index is 12.5. The van der Waals surface area contributed by atoms with Crippen LogP contribution in [0.4, 0.5) is 0 Å². The topological polar surface area (TPSA) is 150 Å². The quantitative estimate of drug-likeness (QED) is 0.0863. The molecule has 0 aliphatic carbocycles. The molecule has 0 spiro atoms. The van der Waals surface area contributed by atoms with E-state index in [2.05, 4.69) is 52.2 Å². The van der Waals surface area contributed by atoms with Crippen molar-refractivity contribution in [3.8, 4) is 0 Å². The molecule has 0 radical (unpaired) electrons. The number of nitrogens with one attached hydrogen (secondary N) is 2. The number of carbonyl (C=O) groups is 2. The molecular formula is C54H86N2O12. The first kappa shape index (κ1) is 55.9. The minimum atomic E-state index is -0.747. The molecule has 4 saturated heterocycles. The lowest BCUT2D eigenvalue weighted by molar-refractivity contribution is -0.223. The highest BCUT2D eigenvalue weighted by molar-refractivity contribution is 5.70. The molecule has 6 rings (SSSR count). The van der Waals surface area contributed by atoms with Crippen molar-refractivity contribution < 1.29 is 57.0 Å². The predicted octanol–water partition coefficient (Wildman–Crippen LogP) is 9.15. The van der Waals surface area contributed by atoms with Crippen molar-refractivity contribution >= 4 is 11.9 Å². The van der Waals surface area contributed by atoms with Crippen LogP contribution in [-0.2, 0) is 70.2 Å². The van der Waals surface area contributed by atoms with E-state index in [1.54, 1.807) is 0 Å². The Balaban J connectivity index is 0.000000254. The van der Waals surface area contributed by atoms with Gasteiger partial charge in [0.2, 0.25) is 0 Å².